The van der Waals surface area contributed by atoms with Gasteiger partial charge in [0, 0.05) is 18.4 Å². The van der Waals surface area contributed by atoms with Gasteiger partial charge < -0.3 is 0 Å². The van der Waals surface area contributed by atoms with Crippen molar-refractivity contribution in [3.63, 3.8) is 0 Å². The molecule has 1 aromatic heterocycles. The summed E-state index contributed by atoms with van der Waals surface area (Å²) in [6, 6.07) is 2.13. The van der Waals surface area contributed by atoms with Crippen LogP contribution in [0.4, 0.5) is 0 Å². The molecule has 0 atom stereocenters. The molecule has 0 aliphatic carbocycles. The maximum atomic E-state index is 4.37. The zero-order valence-corrected chi connectivity index (χ0v) is 12.7. The third-order valence-electron chi connectivity index (χ3n) is 3.46. The highest BCUT2D eigenvalue weighted by Gasteiger charge is 2.08. The van der Waals surface area contributed by atoms with Gasteiger partial charge in [0.25, 0.3) is 0 Å². The van der Waals surface area contributed by atoms with E-state index < -0.39 is 0 Å². The highest BCUT2D eigenvalue weighted by atomic mass is 15.3. The third-order valence-corrected chi connectivity index (χ3v) is 3.46. The fourth-order valence-electron chi connectivity index (χ4n) is 2.31. The van der Waals surface area contributed by atoms with Crippen LogP contribution < -0.4 is 0 Å². The summed E-state index contributed by atoms with van der Waals surface area (Å²) >= 11 is 0. The molecule has 0 fully saturated rings. The molecule has 0 radical (unpaired) electrons. The Morgan fingerprint density at radius 2 is 1.72 bits per heavy atom. The maximum absolute atomic E-state index is 4.37. The van der Waals surface area contributed by atoms with E-state index in [0.29, 0.717) is 5.41 Å². The Balaban J connectivity index is 2.02. The fourth-order valence-corrected chi connectivity index (χ4v) is 2.31. The highest BCUT2D eigenvalue weighted by molar-refractivity contribution is 4.99. The Bertz CT molecular complexity index is 320. The molecule has 0 saturated heterocycles. The Morgan fingerprint density at radius 3 is 2.39 bits per heavy atom. The molecule has 0 amide bonds. The quantitative estimate of drug-likeness (QED) is 0.604. The second-order valence-electron chi connectivity index (χ2n) is 6.48. The maximum Gasteiger partial charge on any atom is 0.0492 e. The van der Waals surface area contributed by atoms with Gasteiger partial charge in [-0.05, 0) is 30.7 Å². The first kappa shape index (κ1) is 15.3. The lowest BCUT2D eigenvalue weighted by atomic mass is 9.89. The molecular weight excluding hydrogens is 220 g/mol. The standard InChI is InChI=1S/C16H30N2/c1-5-15-11-13-17-18(15)14-10-8-6-7-9-12-16(2,3)4/h11,13H,5-10,12,14H2,1-4H3. The number of rotatable bonds is 8. The first-order valence-corrected chi connectivity index (χ1v) is 7.53. The van der Waals surface area contributed by atoms with Crippen molar-refractivity contribution < 1.29 is 0 Å². The highest BCUT2D eigenvalue weighted by Crippen LogP contribution is 2.22. The van der Waals surface area contributed by atoms with E-state index in [2.05, 4.69) is 43.5 Å². The Hall–Kier alpha value is -0.790. The van der Waals surface area contributed by atoms with Crippen LogP contribution in [-0.2, 0) is 13.0 Å². The number of hydrogen-bond donors (Lipinski definition) is 0. The van der Waals surface area contributed by atoms with Crippen molar-refractivity contribution in [1.82, 2.24) is 9.78 Å². The summed E-state index contributed by atoms with van der Waals surface area (Å²) in [7, 11) is 0. The van der Waals surface area contributed by atoms with E-state index in [1.54, 1.807) is 0 Å². The van der Waals surface area contributed by atoms with E-state index in [-0.39, 0.29) is 0 Å². The van der Waals surface area contributed by atoms with Crippen molar-refractivity contribution in [1.29, 1.82) is 0 Å². The lowest BCUT2D eigenvalue weighted by Gasteiger charge is -2.17. The summed E-state index contributed by atoms with van der Waals surface area (Å²) < 4.78 is 2.16. The van der Waals surface area contributed by atoms with Crippen molar-refractivity contribution in [3.05, 3.63) is 18.0 Å². The molecule has 0 N–H and O–H groups in total. The first-order valence-electron chi connectivity index (χ1n) is 7.53. The molecule has 0 spiro atoms. The van der Waals surface area contributed by atoms with Crippen molar-refractivity contribution in [3.8, 4) is 0 Å². The number of aromatic nitrogens is 2. The van der Waals surface area contributed by atoms with E-state index in [9.17, 15) is 0 Å². The molecule has 1 aromatic rings. The van der Waals surface area contributed by atoms with Crippen LogP contribution in [0.2, 0.25) is 0 Å². The molecule has 104 valence electrons. The number of unbranched alkanes of at least 4 members (excludes halogenated alkanes) is 4. The molecule has 0 aliphatic heterocycles. The van der Waals surface area contributed by atoms with Crippen LogP contribution in [0.1, 0.15) is 71.9 Å². The molecule has 2 nitrogen and oxygen atoms in total. The second kappa shape index (κ2) is 7.60. The van der Waals surface area contributed by atoms with Gasteiger partial charge in [-0.15, -0.1) is 0 Å². The average Bonchev–Trinajstić information content (AvgIpc) is 2.73. The topological polar surface area (TPSA) is 17.8 Å². The summed E-state index contributed by atoms with van der Waals surface area (Å²) in [6.45, 7) is 10.3. The summed E-state index contributed by atoms with van der Waals surface area (Å²) in [5.41, 5.74) is 1.87. The van der Waals surface area contributed by atoms with Crippen LogP contribution in [0.3, 0.4) is 0 Å². The molecule has 18 heavy (non-hydrogen) atoms. The van der Waals surface area contributed by atoms with Gasteiger partial charge in [0.2, 0.25) is 0 Å². The number of nitrogens with zero attached hydrogens (tertiary/aromatic N) is 2. The molecule has 0 bridgehead atoms. The third kappa shape index (κ3) is 6.23. The molecule has 0 aliphatic rings. The smallest absolute Gasteiger partial charge is 0.0492 e. The zero-order valence-electron chi connectivity index (χ0n) is 12.7. The van der Waals surface area contributed by atoms with Gasteiger partial charge in [-0.1, -0.05) is 53.4 Å². The van der Waals surface area contributed by atoms with Crippen molar-refractivity contribution in [2.45, 2.75) is 79.2 Å². The van der Waals surface area contributed by atoms with Crippen LogP contribution in [-0.4, -0.2) is 9.78 Å². The molecule has 2 heteroatoms. The van der Waals surface area contributed by atoms with Crippen molar-refractivity contribution >= 4 is 0 Å². The Kier molecular flexibility index (Phi) is 6.45. The Morgan fingerprint density at radius 1 is 1.06 bits per heavy atom. The van der Waals surface area contributed by atoms with E-state index in [4.69, 9.17) is 0 Å². The molecule has 1 heterocycles. The van der Waals surface area contributed by atoms with E-state index >= 15 is 0 Å². The minimum absolute atomic E-state index is 0.505. The average molecular weight is 250 g/mol. The molecule has 1 rings (SSSR count). The molecular formula is C16H30N2. The summed E-state index contributed by atoms with van der Waals surface area (Å²) in [4.78, 5) is 0. The Labute approximate surface area is 113 Å². The molecule has 0 unspecified atom stereocenters. The van der Waals surface area contributed by atoms with Gasteiger partial charge in [0.1, 0.15) is 0 Å². The number of aryl methyl sites for hydroxylation is 2. The van der Waals surface area contributed by atoms with Crippen LogP contribution in [0.25, 0.3) is 0 Å². The van der Waals surface area contributed by atoms with Crippen LogP contribution >= 0.6 is 0 Å². The normalized spacial score (nSPS) is 12.0. The SMILES string of the molecule is CCc1ccnn1CCCCCCCC(C)(C)C. The van der Waals surface area contributed by atoms with Crippen molar-refractivity contribution in [2.75, 3.05) is 0 Å². The fraction of sp³-hybridized carbons (Fsp3) is 0.812. The van der Waals surface area contributed by atoms with Gasteiger partial charge in [-0.2, -0.15) is 5.10 Å². The lowest BCUT2D eigenvalue weighted by molar-refractivity contribution is 0.356. The van der Waals surface area contributed by atoms with Gasteiger partial charge in [0.15, 0.2) is 0 Å². The zero-order chi connectivity index (χ0) is 13.4. The summed E-state index contributed by atoms with van der Waals surface area (Å²) in [5.74, 6) is 0. The molecule has 0 saturated carbocycles. The predicted molar refractivity (Wildman–Crippen MR) is 78.8 cm³/mol. The van der Waals surface area contributed by atoms with Crippen LogP contribution in [0.15, 0.2) is 12.3 Å². The van der Waals surface area contributed by atoms with E-state index in [1.165, 1.54) is 44.2 Å². The lowest BCUT2D eigenvalue weighted by Crippen LogP contribution is -2.05. The minimum Gasteiger partial charge on any atom is -0.270 e. The second-order valence-corrected chi connectivity index (χ2v) is 6.48. The van der Waals surface area contributed by atoms with Crippen LogP contribution in [0.5, 0.6) is 0 Å². The van der Waals surface area contributed by atoms with Gasteiger partial charge in [-0.3, -0.25) is 4.68 Å². The van der Waals surface area contributed by atoms with E-state index in [1.807, 2.05) is 6.20 Å². The van der Waals surface area contributed by atoms with Gasteiger partial charge >= 0.3 is 0 Å². The minimum atomic E-state index is 0.505. The number of hydrogen-bond acceptors (Lipinski definition) is 1. The van der Waals surface area contributed by atoms with Crippen LogP contribution in [0, 0.1) is 5.41 Å². The van der Waals surface area contributed by atoms with Gasteiger partial charge in [0.05, 0.1) is 0 Å². The predicted octanol–water partition coefficient (Wildman–Crippen LogP) is 4.83. The largest absolute Gasteiger partial charge is 0.270 e. The van der Waals surface area contributed by atoms with Gasteiger partial charge in [-0.25, -0.2) is 0 Å². The van der Waals surface area contributed by atoms with E-state index in [0.717, 1.165) is 13.0 Å². The summed E-state index contributed by atoms with van der Waals surface area (Å²) in [6.07, 6.45) is 11.1. The monoisotopic (exact) mass is 250 g/mol. The van der Waals surface area contributed by atoms with Crippen molar-refractivity contribution in [2.24, 2.45) is 5.41 Å². The molecule has 0 aromatic carbocycles. The summed E-state index contributed by atoms with van der Waals surface area (Å²) in [5, 5.41) is 4.37. The first-order chi connectivity index (χ1) is 8.53.